The molecule has 1 aromatic carbocycles. The number of hydrogen-bond acceptors (Lipinski definition) is 4. The van der Waals surface area contributed by atoms with Crippen LogP contribution in [-0.2, 0) is 6.42 Å². The minimum absolute atomic E-state index is 0.548. The fourth-order valence-corrected chi connectivity index (χ4v) is 2.47. The molecule has 0 atom stereocenters. The first-order valence-corrected chi connectivity index (χ1v) is 6.60. The van der Waals surface area contributed by atoms with Crippen LogP contribution in [0, 0.1) is 0 Å². The molecule has 3 N–H and O–H groups in total. The summed E-state index contributed by atoms with van der Waals surface area (Å²) < 4.78 is 5.60. The van der Waals surface area contributed by atoms with E-state index in [4.69, 9.17) is 10.5 Å². The maximum Gasteiger partial charge on any atom is 0.294 e. The van der Waals surface area contributed by atoms with Crippen molar-refractivity contribution in [1.82, 2.24) is 9.97 Å². The average molecular weight is 259 g/mol. The van der Waals surface area contributed by atoms with Gasteiger partial charge in [0.2, 0.25) is 0 Å². The number of hydrogen-bond donors (Lipinski definition) is 2. The van der Waals surface area contributed by atoms with Gasteiger partial charge in [0.05, 0.1) is 17.6 Å². The number of nitrogens with two attached hydrogens (primary N) is 1. The summed E-state index contributed by atoms with van der Waals surface area (Å²) in [5.74, 6) is 0. The SMILES string of the molecule is Nc1ccc2nc(OCCc3cccs3)[nH]c2c1. The topological polar surface area (TPSA) is 63.9 Å². The van der Waals surface area contributed by atoms with E-state index in [9.17, 15) is 0 Å². The highest BCUT2D eigenvalue weighted by molar-refractivity contribution is 7.09. The molecule has 0 amide bonds. The molecule has 0 saturated carbocycles. The highest BCUT2D eigenvalue weighted by Gasteiger charge is 2.04. The highest BCUT2D eigenvalue weighted by Crippen LogP contribution is 2.18. The maximum atomic E-state index is 5.71. The fraction of sp³-hybridized carbons (Fsp3) is 0.154. The quantitative estimate of drug-likeness (QED) is 0.708. The van der Waals surface area contributed by atoms with Crippen LogP contribution in [0.3, 0.4) is 0 Å². The number of imidazole rings is 1. The van der Waals surface area contributed by atoms with Crippen LogP contribution in [0.15, 0.2) is 35.7 Å². The van der Waals surface area contributed by atoms with E-state index < -0.39 is 0 Å². The zero-order chi connectivity index (χ0) is 12.4. The summed E-state index contributed by atoms with van der Waals surface area (Å²) in [6.07, 6.45) is 0.900. The number of ether oxygens (including phenoxy) is 1. The zero-order valence-electron chi connectivity index (χ0n) is 9.72. The summed E-state index contributed by atoms with van der Waals surface area (Å²) in [4.78, 5) is 8.76. The van der Waals surface area contributed by atoms with Gasteiger partial charge in [0.25, 0.3) is 6.01 Å². The minimum Gasteiger partial charge on any atom is -0.464 e. The Morgan fingerprint density at radius 2 is 2.28 bits per heavy atom. The Morgan fingerprint density at radius 1 is 1.33 bits per heavy atom. The molecule has 4 nitrogen and oxygen atoms in total. The van der Waals surface area contributed by atoms with Crippen LogP contribution in [0.25, 0.3) is 11.0 Å². The van der Waals surface area contributed by atoms with Crippen molar-refractivity contribution < 1.29 is 4.74 Å². The minimum atomic E-state index is 0.548. The van der Waals surface area contributed by atoms with Crippen LogP contribution in [0.4, 0.5) is 5.69 Å². The van der Waals surface area contributed by atoms with Crippen molar-refractivity contribution in [3.63, 3.8) is 0 Å². The molecule has 0 aliphatic heterocycles. The number of benzene rings is 1. The lowest BCUT2D eigenvalue weighted by atomic mass is 10.3. The van der Waals surface area contributed by atoms with Gasteiger partial charge in [-0.05, 0) is 29.6 Å². The van der Waals surface area contributed by atoms with Crippen LogP contribution in [-0.4, -0.2) is 16.6 Å². The second-order valence-electron chi connectivity index (χ2n) is 4.00. The van der Waals surface area contributed by atoms with Crippen molar-refractivity contribution in [3.05, 3.63) is 40.6 Å². The molecular formula is C13H13N3OS. The van der Waals surface area contributed by atoms with Gasteiger partial charge in [0.15, 0.2) is 0 Å². The second kappa shape index (κ2) is 4.70. The number of thiophene rings is 1. The Kier molecular flexibility index (Phi) is 2.90. The van der Waals surface area contributed by atoms with Gasteiger partial charge in [-0.1, -0.05) is 6.07 Å². The lowest BCUT2D eigenvalue weighted by molar-refractivity contribution is 0.301. The van der Waals surface area contributed by atoms with E-state index in [0.717, 1.165) is 23.1 Å². The third-order valence-corrected chi connectivity index (χ3v) is 3.59. The van der Waals surface area contributed by atoms with Crippen LogP contribution in [0.1, 0.15) is 4.88 Å². The molecule has 2 aromatic heterocycles. The third kappa shape index (κ3) is 2.31. The highest BCUT2D eigenvalue weighted by atomic mass is 32.1. The van der Waals surface area contributed by atoms with Gasteiger partial charge in [-0.25, -0.2) is 0 Å². The monoisotopic (exact) mass is 259 g/mol. The van der Waals surface area contributed by atoms with Crippen LogP contribution in [0.2, 0.25) is 0 Å². The van der Waals surface area contributed by atoms with Crippen molar-refractivity contribution >= 4 is 28.1 Å². The van der Waals surface area contributed by atoms with Gasteiger partial charge in [0.1, 0.15) is 0 Å². The summed E-state index contributed by atoms with van der Waals surface area (Å²) in [5.41, 5.74) is 8.20. The van der Waals surface area contributed by atoms with Gasteiger partial charge in [-0.3, -0.25) is 0 Å². The number of nitrogen functional groups attached to an aromatic ring is 1. The van der Waals surface area contributed by atoms with E-state index in [1.165, 1.54) is 4.88 Å². The summed E-state index contributed by atoms with van der Waals surface area (Å²) in [6, 6.07) is 10.3. The Hall–Kier alpha value is -2.01. The lowest BCUT2D eigenvalue weighted by Gasteiger charge is -1.99. The van der Waals surface area contributed by atoms with Crippen LogP contribution in [0.5, 0.6) is 6.01 Å². The molecule has 0 unspecified atom stereocenters. The Bertz CT molecular complexity index is 645. The molecule has 2 heterocycles. The van der Waals surface area contributed by atoms with Crippen molar-refractivity contribution in [2.75, 3.05) is 12.3 Å². The molecule has 0 aliphatic carbocycles. The molecule has 5 heteroatoms. The third-order valence-electron chi connectivity index (χ3n) is 2.65. The summed E-state index contributed by atoms with van der Waals surface area (Å²) in [7, 11) is 0. The number of H-pyrrole nitrogens is 1. The first-order chi connectivity index (χ1) is 8.81. The molecule has 0 fully saturated rings. The molecule has 3 aromatic rings. The molecule has 0 radical (unpaired) electrons. The molecule has 0 spiro atoms. The van der Waals surface area contributed by atoms with Gasteiger partial charge in [-0.2, -0.15) is 4.98 Å². The summed E-state index contributed by atoms with van der Waals surface area (Å²) in [6.45, 7) is 0.621. The van der Waals surface area contributed by atoms with E-state index in [1.807, 2.05) is 24.3 Å². The average Bonchev–Trinajstić information content (AvgIpc) is 2.97. The summed E-state index contributed by atoms with van der Waals surface area (Å²) >= 11 is 1.74. The second-order valence-corrected chi connectivity index (χ2v) is 5.03. The lowest BCUT2D eigenvalue weighted by Crippen LogP contribution is -2.00. The first kappa shape index (κ1) is 11.1. The predicted molar refractivity (Wildman–Crippen MR) is 74.0 cm³/mol. The number of nitrogens with one attached hydrogen (secondary N) is 1. The molecular weight excluding hydrogens is 246 g/mol. The molecule has 0 saturated heterocycles. The Morgan fingerprint density at radius 3 is 3.11 bits per heavy atom. The molecule has 0 aliphatic rings. The van der Waals surface area contributed by atoms with Crippen molar-refractivity contribution in [1.29, 1.82) is 0 Å². The fourth-order valence-electron chi connectivity index (χ4n) is 1.78. The predicted octanol–water partition coefficient (Wildman–Crippen LogP) is 2.83. The van der Waals surface area contributed by atoms with Gasteiger partial charge in [-0.15, -0.1) is 11.3 Å². The van der Waals surface area contributed by atoms with E-state index in [1.54, 1.807) is 11.3 Å². The van der Waals surface area contributed by atoms with E-state index in [-0.39, 0.29) is 0 Å². The van der Waals surface area contributed by atoms with Gasteiger partial charge in [0, 0.05) is 17.0 Å². The van der Waals surface area contributed by atoms with E-state index in [0.29, 0.717) is 12.6 Å². The van der Waals surface area contributed by atoms with Crippen LogP contribution < -0.4 is 10.5 Å². The standard InChI is InChI=1S/C13H13N3OS/c14-9-3-4-11-12(8-9)16-13(15-11)17-6-5-10-2-1-7-18-10/h1-4,7-8H,5-6,14H2,(H,15,16). The maximum absolute atomic E-state index is 5.71. The van der Waals surface area contributed by atoms with Crippen molar-refractivity contribution in [3.8, 4) is 6.01 Å². The number of aromatic nitrogens is 2. The number of rotatable bonds is 4. The molecule has 92 valence electrons. The smallest absolute Gasteiger partial charge is 0.294 e. The van der Waals surface area contributed by atoms with Crippen molar-refractivity contribution in [2.45, 2.75) is 6.42 Å². The van der Waals surface area contributed by atoms with E-state index >= 15 is 0 Å². The van der Waals surface area contributed by atoms with Crippen LogP contribution >= 0.6 is 11.3 Å². The molecule has 3 rings (SSSR count). The van der Waals surface area contributed by atoms with Crippen molar-refractivity contribution in [2.24, 2.45) is 0 Å². The number of fused-ring (bicyclic) bond motifs is 1. The normalized spacial score (nSPS) is 10.9. The molecule has 18 heavy (non-hydrogen) atoms. The van der Waals surface area contributed by atoms with Gasteiger partial charge < -0.3 is 15.5 Å². The van der Waals surface area contributed by atoms with E-state index in [2.05, 4.69) is 21.4 Å². The largest absolute Gasteiger partial charge is 0.464 e. The van der Waals surface area contributed by atoms with Gasteiger partial charge >= 0.3 is 0 Å². The Labute approximate surface area is 108 Å². The zero-order valence-corrected chi connectivity index (χ0v) is 10.5. The number of nitrogens with zero attached hydrogens (tertiary/aromatic N) is 1. The number of anilines is 1. The first-order valence-electron chi connectivity index (χ1n) is 5.72. The Balaban J connectivity index is 1.67. The summed E-state index contributed by atoms with van der Waals surface area (Å²) in [5, 5.41) is 2.07. The number of aromatic amines is 1. The molecule has 0 bridgehead atoms.